The number of nitrogens with one attached hydrogen (secondary N) is 1. The molecule has 5 heteroatoms. The van der Waals surface area contributed by atoms with E-state index >= 15 is 0 Å². The Morgan fingerprint density at radius 3 is 2.72 bits per heavy atom. The third-order valence-corrected chi connectivity index (χ3v) is 3.63. The number of hydrogen-bond acceptors (Lipinski definition) is 4. The molecule has 0 aromatic carbocycles. The molecule has 0 atom stereocenters. The van der Waals surface area contributed by atoms with Crippen LogP contribution in [0, 0.1) is 6.92 Å². The van der Waals surface area contributed by atoms with Gasteiger partial charge in [0.2, 0.25) is 0 Å². The highest BCUT2D eigenvalue weighted by atomic mass is 32.2. The van der Waals surface area contributed by atoms with Crippen molar-refractivity contribution in [3.8, 4) is 0 Å². The van der Waals surface area contributed by atoms with E-state index in [0.29, 0.717) is 10.7 Å². The molecule has 2 aromatic heterocycles. The molecule has 1 N–H and O–H groups in total. The smallest absolute Gasteiger partial charge is 0.254 e. The lowest BCUT2D eigenvalue weighted by atomic mass is 10.2. The van der Waals surface area contributed by atoms with Crippen LogP contribution in [-0.4, -0.2) is 15.0 Å². The fourth-order valence-electron chi connectivity index (χ4n) is 1.60. The first-order valence-corrected chi connectivity index (χ1v) is 6.80. The molecule has 2 aromatic rings. The van der Waals surface area contributed by atoms with Crippen LogP contribution in [0.15, 0.2) is 34.5 Å². The Kier molecular flexibility index (Phi) is 4.15. The first-order valence-electron chi connectivity index (χ1n) is 5.82. The Morgan fingerprint density at radius 2 is 2.06 bits per heavy atom. The Balaban J connectivity index is 2.15. The SMILES string of the molecule is CCc1nc(SCc2ccncc2)[nH]c(=O)c1C. The summed E-state index contributed by atoms with van der Waals surface area (Å²) in [5.74, 6) is 0.775. The minimum Gasteiger partial charge on any atom is -0.301 e. The summed E-state index contributed by atoms with van der Waals surface area (Å²) in [6.07, 6.45) is 4.30. The van der Waals surface area contributed by atoms with Gasteiger partial charge >= 0.3 is 0 Å². The Bertz CT molecular complexity index is 581. The van der Waals surface area contributed by atoms with E-state index in [-0.39, 0.29) is 5.56 Å². The zero-order valence-electron chi connectivity index (χ0n) is 10.4. The van der Waals surface area contributed by atoms with E-state index in [1.54, 1.807) is 12.4 Å². The molecule has 4 nitrogen and oxygen atoms in total. The van der Waals surface area contributed by atoms with Crippen molar-refractivity contribution in [2.75, 3.05) is 0 Å². The normalized spacial score (nSPS) is 10.6. The van der Waals surface area contributed by atoms with E-state index in [9.17, 15) is 4.79 Å². The second-order valence-electron chi connectivity index (χ2n) is 3.94. The van der Waals surface area contributed by atoms with E-state index in [4.69, 9.17) is 0 Å². The Labute approximate surface area is 110 Å². The summed E-state index contributed by atoms with van der Waals surface area (Å²) in [7, 11) is 0. The van der Waals surface area contributed by atoms with E-state index in [2.05, 4.69) is 15.0 Å². The number of thioether (sulfide) groups is 1. The summed E-state index contributed by atoms with van der Waals surface area (Å²) >= 11 is 1.53. The lowest BCUT2D eigenvalue weighted by molar-refractivity contribution is 0.847. The second kappa shape index (κ2) is 5.82. The van der Waals surface area contributed by atoms with Crippen LogP contribution < -0.4 is 5.56 Å². The topological polar surface area (TPSA) is 58.6 Å². The molecule has 0 saturated heterocycles. The zero-order chi connectivity index (χ0) is 13.0. The number of pyridine rings is 1. The largest absolute Gasteiger partial charge is 0.301 e. The predicted molar refractivity (Wildman–Crippen MR) is 72.8 cm³/mol. The van der Waals surface area contributed by atoms with Gasteiger partial charge in [-0.25, -0.2) is 4.98 Å². The van der Waals surface area contributed by atoms with Gasteiger partial charge in [0, 0.05) is 23.7 Å². The highest BCUT2D eigenvalue weighted by Crippen LogP contribution is 2.18. The van der Waals surface area contributed by atoms with Crippen molar-refractivity contribution in [2.45, 2.75) is 31.2 Å². The molecule has 2 rings (SSSR count). The summed E-state index contributed by atoms with van der Waals surface area (Å²) in [6.45, 7) is 3.81. The van der Waals surface area contributed by atoms with Gasteiger partial charge in [-0.3, -0.25) is 9.78 Å². The van der Waals surface area contributed by atoms with Crippen molar-refractivity contribution < 1.29 is 0 Å². The standard InChI is InChI=1S/C13H15N3OS/c1-3-11-9(2)12(17)16-13(15-11)18-8-10-4-6-14-7-5-10/h4-7H,3,8H2,1-2H3,(H,15,16,17). The van der Waals surface area contributed by atoms with Gasteiger partial charge in [0.15, 0.2) is 5.16 Å². The van der Waals surface area contributed by atoms with Crippen molar-refractivity contribution in [1.29, 1.82) is 0 Å². The molecular formula is C13H15N3OS. The quantitative estimate of drug-likeness (QED) is 0.678. The van der Waals surface area contributed by atoms with E-state index in [1.807, 2.05) is 26.0 Å². The average molecular weight is 261 g/mol. The molecule has 0 bridgehead atoms. The Hall–Kier alpha value is -1.62. The molecule has 0 aliphatic carbocycles. The fraction of sp³-hybridized carbons (Fsp3) is 0.308. The van der Waals surface area contributed by atoms with E-state index in [0.717, 1.165) is 23.4 Å². The van der Waals surface area contributed by atoms with Crippen LogP contribution in [0.3, 0.4) is 0 Å². The molecule has 0 aliphatic rings. The van der Waals surface area contributed by atoms with Gasteiger partial charge in [-0.2, -0.15) is 0 Å². The van der Waals surface area contributed by atoms with Crippen LogP contribution in [0.5, 0.6) is 0 Å². The molecule has 0 radical (unpaired) electrons. The fourth-order valence-corrected chi connectivity index (χ4v) is 2.44. The predicted octanol–water partition coefficient (Wildman–Crippen LogP) is 2.33. The molecule has 0 unspecified atom stereocenters. The number of rotatable bonds is 4. The summed E-state index contributed by atoms with van der Waals surface area (Å²) in [6, 6.07) is 3.92. The summed E-state index contributed by atoms with van der Waals surface area (Å²) in [5, 5.41) is 0.680. The van der Waals surface area contributed by atoms with Gasteiger partial charge in [-0.1, -0.05) is 18.7 Å². The number of aromatic nitrogens is 3. The first-order chi connectivity index (χ1) is 8.70. The van der Waals surface area contributed by atoms with Gasteiger partial charge in [-0.05, 0) is 31.0 Å². The van der Waals surface area contributed by atoms with E-state index in [1.165, 1.54) is 11.8 Å². The lowest BCUT2D eigenvalue weighted by Crippen LogP contribution is -2.15. The molecular weight excluding hydrogens is 246 g/mol. The number of aromatic amines is 1. The first kappa shape index (κ1) is 12.8. The van der Waals surface area contributed by atoms with Crippen LogP contribution in [0.2, 0.25) is 0 Å². The maximum atomic E-state index is 11.7. The number of nitrogens with zero attached hydrogens (tertiary/aromatic N) is 2. The number of hydrogen-bond donors (Lipinski definition) is 1. The summed E-state index contributed by atoms with van der Waals surface area (Å²) < 4.78 is 0. The van der Waals surface area contributed by atoms with Crippen molar-refractivity contribution in [3.63, 3.8) is 0 Å². The van der Waals surface area contributed by atoms with Gasteiger partial charge < -0.3 is 4.98 Å². The third kappa shape index (κ3) is 2.98. The monoisotopic (exact) mass is 261 g/mol. The van der Waals surface area contributed by atoms with Crippen molar-refractivity contribution in [1.82, 2.24) is 15.0 Å². The molecule has 2 heterocycles. The molecule has 0 amide bonds. The van der Waals surface area contributed by atoms with Crippen molar-refractivity contribution in [2.24, 2.45) is 0 Å². The maximum Gasteiger partial charge on any atom is 0.254 e. The molecule has 0 aliphatic heterocycles. The minimum absolute atomic E-state index is 0.0425. The van der Waals surface area contributed by atoms with Crippen molar-refractivity contribution >= 4 is 11.8 Å². The van der Waals surface area contributed by atoms with Crippen LogP contribution in [0.1, 0.15) is 23.7 Å². The maximum absolute atomic E-state index is 11.7. The van der Waals surface area contributed by atoms with Crippen LogP contribution in [0.4, 0.5) is 0 Å². The van der Waals surface area contributed by atoms with Gasteiger partial charge in [0.05, 0.1) is 5.69 Å². The minimum atomic E-state index is -0.0425. The van der Waals surface area contributed by atoms with Gasteiger partial charge in [0.25, 0.3) is 5.56 Å². The highest BCUT2D eigenvalue weighted by Gasteiger charge is 2.06. The summed E-state index contributed by atoms with van der Waals surface area (Å²) in [4.78, 5) is 22.9. The number of aryl methyl sites for hydroxylation is 1. The molecule has 0 saturated carbocycles. The summed E-state index contributed by atoms with van der Waals surface area (Å²) in [5.41, 5.74) is 2.71. The highest BCUT2D eigenvalue weighted by molar-refractivity contribution is 7.98. The van der Waals surface area contributed by atoms with Crippen LogP contribution in [0.25, 0.3) is 0 Å². The molecule has 18 heavy (non-hydrogen) atoms. The second-order valence-corrected chi connectivity index (χ2v) is 4.90. The molecule has 94 valence electrons. The molecule has 0 fully saturated rings. The van der Waals surface area contributed by atoms with Gasteiger partial charge in [0.1, 0.15) is 0 Å². The lowest BCUT2D eigenvalue weighted by Gasteiger charge is -2.05. The third-order valence-electron chi connectivity index (χ3n) is 2.69. The van der Waals surface area contributed by atoms with E-state index < -0.39 is 0 Å². The molecule has 0 spiro atoms. The van der Waals surface area contributed by atoms with Crippen molar-refractivity contribution in [3.05, 3.63) is 51.7 Å². The van der Waals surface area contributed by atoms with Crippen LogP contribution >= 0.6 is 11.8 Å². The zero-order valence-corrected chi connectivity index (χ0v) is 11.3. The number of H-pyrrole nitrogens is 1. The van der Waals surface area contributed by atoms with Crippen LogP contribution in [-0.2, 0) is 12.2 Å². The van der Waals surface area contributed by atoms with Gasteiger partial charge in [-0.15, -0.1) is 0 Å². The average Bonchev–Trinajstić information content (AvgIpc) is 2.41. The Morgan fingerprint density at radius 1 is 1.33 bits per heavy atom.